The summed E-state index contributed by atoms with van der Waals surface area (Å²) in [7, 11) is 0. The summed E-state index contributed by atoms with van der Waals surface area (Å²) in [6, 6.07) is 13.7. The molecule has 1 aliphatic heterocycles. The third-order valence-corrected chi connectivity index (χ3v) is 5.52. The quantitative estimate of drug-likeness (QED) is 0.482. The zero-order valence-electron chi connectivity index (χ0n) is 15.4. The number of aromatic amines is 1. The van der Waals surface area contributed by atoms with Crippen molar-refractivity contribution in [2.45, 2.75) is 13.0 Å². The van der Waals surface area contributed by atoms with Gasteiger partial charge < -0.3 is 5.32 Å². The largest absolute Gasteiger partial charge is 0.378 e. The van der Waals surface area contributed by atoms with E-state index in [4.69, 9.17) is 11.6 Å². The molecule has 0 fully saturated rings. The minimum Gasteiger partial charge on any atom is -0.378 e. The van der Waals surface area contributed by atoms with E-state index in [9.17, 15) is 9.18 Å². The number of halogens is 2. The van der Waals surface area contributed by atoms with E-state index in [2.05, 4.69) is 15.5 Å². The fraction of sp³-hybridized carbons (Fsp3) is 0.0909. The lowest BCUT2D eigenvalue weighted by molar-refractivity contribution is 0.627. The molecule has 2 aromatic heterocycles. The summed E-state index contributed by atoms with van der Waals surface area (Å²) in [5, 5.41) is 10.3. The van der Waals surface area contributed by atoms with Gasteiger partial charge in [-0.25, -0.2) is 4.39 Å². The monoisotopic (exact) mass is 406 g/mol. The van der Waals surface area contributed by atoms with Gasteiger partial charge in [0.15, 0.2) is 0 Å². The second kappa shape index (κ2) is 6.60. The summed E-state index contributed by atoms with van der Waals surface area (Å²) < 4.78 is 15.3. The number of hydrogen-bond acceptors (Lipinski definition) is 3. The van der Waals surface area contributed by atoms with Gasteiger partial charge in [0.1, 0.15) is 5.82 Å². The maximum Gasteiger partial charge on any atom is 0.255 e. The predicted molar refractivity (Wildman–Crippen MR) is 112 cm³/mol. The zero-order valence-corrected chi connectivity index (χ0v) is 16.2. The molecule has 2 aromatic carbocycles. The Balaban J connectivity index is 1.82. The molecule has 0 saturated heterocycles. The molecule has 0 bridgehead atoms. The van der Waals surface area contributed by atoms with Crippen molar-refractivity contribution < 1.29 is 4.39 Å². The zero-order chi connectivity index (χ0) is 20.1. The number of nitrogens with zero attached hydrogens (tertiary/aromatic N) is 2. The first kappa shape index (κ1) is 17.7. The highest BCUT2D eigenvalue weighted by Crippen LogP contribution is 2.42. The molecule has 144 valence electrons. The highest BCUT2D eigenvalue weighted by Gasteiger charge is 2.26. The maximum atomic E-state index is 13.7. The van der Waals surface area contributed by atoms with Crippen molar-refractivity contribution in [2.24, 2.45) is 0 Å². The van der Waals surface area contributed by atoms with E-state index in [0.717, 1.165) is 33.6 Å². The Morgan fingerprint density at radius 3 is 2.72 bits per heavy atom. The minimum absolute atomic E-state index is 0.0000422. The topological polar surface area (TPSA) is 62.7 Å². The Morgan fingerprint density at radius 2 is 1.97 bits per heavy atom. The highest BCUT2D eigenvalue weighted by atomic mass is 35.5. The van der Waals surface area contributed by atoms with Crippen LogP contribution >= 0.6 is 11.6 Å². The molecule has 0 radical (unpaired) electrons. The van der Waals surface area contributed by atoms with Gasteiger partial charge in [0.05, 0.1) is 28.6 Å². The van der Waals surface area contributed by atoms with Crippen molar-refractivity contribution in [3.8, 4) is 28.1 Å². The lowest BCUT2D eigenvalue weighted by atomic mass is 9.92. The minimum atomic E-state index is -0.522. The molecule has 1 atom stereocenters. The predicted octanol–water partition coefficient (Wildman–Crippen LogP) is 5.17. The average Bonchev–Trinajstić information content (AvgIpc) is 3.25. The molecule has 1 unspecified atom stereocenters. The van der Waals surface area contributed by atoms with Gasteiger partial charge in [-0.3, -0.25) is 14.5 Å². The van der Waals surface area contributed by atoms with E-state index in [-0.39, 0.29) is 16.6 Å². The van der Waals surface area contributed by atoms with E-state index in [1.54, 1.807) is 16.8 Å². The van der Waals surface area contributed by atoms with Crippen LogP contribution in [0.4, 0.5) is 10.1 Å². The number of fused-ring (bicyclic) bond motifs is 3. The number of H-pyrrole nitrogens is 1. The van der Waals surface area contributed by atoms with Crippen LogP contribution in [0.5, 0.6) is 0 Å². The molecule has 2 N–H and O–H groups in total. The van der Waals surface area contributed by atoms with Crippen molar-refractivity contribution in [1.29, 1.82) is 0 Å². The SMILES string of the molecule is CC1Nc2ccc(-c3cn[nH]c3)cc2-c2c1ccc(=O)n2-c1ccc(F)c(Cl)c1. The number of rotatable bonds is 2. The van der Waals surface area contributed by atoms with Gasteiger partial charge in [0.2, 0.25) is 0 Å². The van der Waals surface area contributed by atoms with Crippen molar-refractivity contribution >= 4 is 17.3 Å². The number of pyridine rings is 1. The lowest BCUT2D eigenvalue weighted by Gasteiger charge is -2.30. The molecular formula is C22H16ClFN4O. The van der Waals surface area contributed by atoms with Gasteiger partial charge in [-0.15, -0.1) is 0 Å². The molecule has 1 aliphatic rings. The molecular weight excluding hydrogens is 391 g/mol. The van der Waals surface area contributed by atoms with Crippen LogP contribution in [0.2, 0.25) is 5.02 Å². The Bertz CT molecular complexity index is 1300. The smallest absolute Gasteiger partial charge is 0.255 e. The van der Waals surface area contributed by atoms with E-state index in [0.29, 0.717) is 5.69 Å². The molecule has 0 spiro atoms. The van der Waals surface area contributed by atoms with Crippen LogP contribution < -0.4 is 10.9 Å². The number of aromatic nitrogens is 3. The third kappa shape index (κ3) is 2.84. The van der Waals surface area contributed by atoms with Crippen LogP contribution in [-0.4, -0.2) is 14.8 Å². The first-order valence-electron chi connectivity index (χ1n) is 9.14. The van der Waals surface area contributed by atoms with E-state index < -0.39 is 5.82 Å². The fourth-order valence-electron chi connectivity index (χ4n) is 3.83. The van der Waals surface area contributed by atoms with Crippen LogP contribution in [0, 0.1) is 5.82 Å². The Kier molecular flexibility index (Phi) is 4.03. The van der Waals surface area contributed by atoms with Crippen LogP contribution in [-0.2, 0) is 0 Å². The van der Waals surface area contributed by atoms with Gasteiger partial charge in [-0.1, -0.05) is 17.7 Å². The molecule has 0 saturated carbocycles. The Labute approximate surface area is 170 Å². The van der Waals surface area contributed by atoms with Crippen molar-refractivity contribution in [2.75, 3.05) is 5.32 Å². The van der Waals surface area contributed by atoms with Crippen molar-refractivity contribution in [1.82, 2.24) is 14.8 Å². The molecule has 0 aliphatic carbocycles. The van der Waals surface area contributed by atoms with Gasteiger partial charge in [0.25, 0.3) is 5.56 Å². The van der Waals surface area contributed by atoms with Gasteiger partial charge in [-0.2, -0.15) is 5.10 Å². The van der Waals surface area contributed by atoms with E-state index in [1.165, 1.54) is 18.2 Å². The third-order valence-electron chi connectivity index (χ3n) is 5.23. The van der Waals surface area contributed by atoms with Crippen LogP contribution in [0.15, 0.2) is 65.7 Å². The molecule has 5 nitrogen and oxygen atoms in total. The molecule has 7 heteroatoms. The lowest BCUT2D eigenvalue weighted by Crippen LogP contribution is -2.25. The molecule has 3 heterocycles. The first-order chi connectivity index (χ1) is 14.0. The van der Waals surface area contributed by atoms with Crippen LogP contribution in [0.3, 0.4) is 0 Å². The van der Waals surface area contributed by atoms with Gasteiger partial charge in [-0.05, 0) is 54.4 Å². The van der Waals surface area contributed by atoms with Crippen LogP contribution in [0.1, 0.15) is 18.5 Å². The first-order valence-corrected chi connectivity index (χ1v) is 9.52. The normalized spacial score (nSPS) is 14.8. The number of hydrogen-bond donors (Lipinski definition) is 2. The van der Waals surface area contributed by atoms with E-state index in [1.807, 2.05) is 37.4 Å². The molecule has 29 heavy (non-hydrogen) atoms. The summed E-state index contributed by atoms with van der Waals surface area (Å²) in [5.74, 6) is -0.522. The number of anilines is 1. The second-order valence-corrected chi connectivity index (χ2v) is 7.43. The Hall–Kier alpha value is -3.38. The molecule has 0 amide bonds. The maximum absolute atomic E-state index is 13.7. The molecule has 5 rings (SSSR count). The Morgan fingerprint density at radius 1 is 1.10 bits per heavy atom. The standard InChI is InChI=1S/C22H16ClFN4O/c1-12-16-4-7-21(29)28(15-3-5-19(24)18(23)9-15)22(16)17-8-13(2-6-20(17)27-12)14-10-25-26-11-14/h2-12,27H,1H3,(H,25,26). The van der Waals surface area contributed by atoms with Gasteiger partial charge in [0, 0.05) is 29.1 Å². The number of nitrogens with one attached hydrogen (secondary N) is 2. The summed E-state index contributed by atoms with van der Waals surface area (Å²) in [5.41, 5.74) is 5.78. The summed E-state index contributed by atoms with van der Waals surface area (Å²) in [6.07, 6.45) is 3.57. The van der Waals surface area contributed by atoms with Gasteiger partial charge >= 0.3 is 0 Å². The van der Waals surface area contributed by atoms with Crippen molar-refractivity contribution in [3.05, 3.63) is 87.7 Å². The second-order valence-electron chi connectivity index (χ2n) is 7.02. The average molecular weight is 407 g/mol. The summed E-state index contributed by atoms with van der Waals surface area (Å²) >= 11 is 6.01. The highest BCUT2D eigenvalue weighted by molar-refractivity contribution is 6.30. The van der Waals surface area contributed by atoms with E-state index >= 15 is 0 Å². The summed E-state index contributed by atoms with van der Waals surface area (Å²) in [6.45, 7) is 2.04. The number of benzene rings is 2. The van der Waals surface area contributed by atoms with Crippen LogP contribution in [0.25, 0.3) is 28.1 Å². The van der Waals surface area contributed by atoms with Crippen molar-refractivity contribution in [3.63, 3.8) is 0 Å². The molecule has 4 aromatic rings. The summed E-state index contributed by atoms with van der Waals surface area (Å²) in [4.78, 5) is 12.9. The fourth-order valence-corrected chi connectivity index (χ4v) is 4.00.